The molecule has 0 saturated carbocycles. The zero-order valence-electron chi connectivity index (χ0n) is 12.4. The largest absolute Gasteiger partial charge is 0.490 e. The molecule has 0 atom stereocenters. The van der Waals surface area contributed by atoms with Crippen LogP contribution in [0.2, 0.25) is 0 Å². The molecular formula is C18H15FN2OS. The van der Waals surface area contributed by atoms with E-state index in [0.29, 0.717) is 18.6 Å². The van der Waals surface area contributed by atoms with Gasteiger partial charge >= 0.3 is 0 Å². The fraction of sp³-hybridized carbons (Fsp3) is 0.167. The number of anilines is 1. The average molecular weight is 326 g/mol. The molecule has 1 aromatic heterocycles. The molecule has 0 unspecified atom stereocenters. The van der Waals surface area contributed by atoms with Crippen LogP contribution < -0.4 is 10.1 Å². The molecule has 2 aromatic carbocycles. The Balaban J connectivity index is 1.59. The lowest BCUT2D eigenvalue weighted by atomic mass is 10.1. The second-order valence-corrected chi connectivity index (χ2v) is 6.32. The van der Waals surface area contributed by atoms with Gasteiger partial charge in [0.1, 0.15) is 18.2 Å². The SMILES string of the molecule is Fc1ccccc1Cc1nc(-c2ccc3c(c2)NCCO3)cs1. The van der Waals surface area contributed by atoms with Crippen molar-refractivity contribution in [3.63, 3.8) is 0 Å². The zero-order valence-corrected chi connectivity index (χ0v) is 13.2. The number of halogens is 1. The molecule has 0 radical (unpaired) electrons. The highest BCUT2D eigenvalue weighted by Gasteiger charge is 2.13. The number of aromatic nitrogens is 1. The van der Waals surface area contributed by atoms with Gasteiger partial charge in [-0.25, -0.2) is 9.37 Å². The van der Waals surface area contributed by atoms with E-state index < -0.39 is 0 Å². The van der Waals surface area contributed by atoms with Crippen molar-refractivity contribution >= 4 is 17.0 Å². The van der Waals surface area contributed by atoms with Crippen LogP contribution in [0.15, 0.2) is 47.8 Å². The van der Waals surface area contributed by atoms with E-state index in [0.717, 1.165) is 34.2 Å². The second-order valence-electron chi connectivity index (χ2n) is 5.38. The van der Waals surface area contributed by atoms with Crippen LogP contribution in [-0.2, 0) is 6.42 Å². The summed E-state index contributed by atoms with van der Waals surface area (Å²) in [6.07, 6.45) is 0.518. The van der Waals surface area contributed by atoms with Crippen LogP contribution in [0.1, 0.15) is 10.6 Å². The molecule has 2 heterocycles. The molecule has 0 aliphatic carbocycles. The molecule has 1 aliphatic heterocycles. The molecule has 23 heavy (non-hydrogen) atoms. The summed E-state index contributed by atoms with van der Waals surface area (Å²) in [7, 11) is 0. The number of benzene rings is 2. The van der Waals surface area contributed by atoms with Crippen LogP contribution in [0, 0.1) is 5.82 Å². The van der Waals surface area contributed by atoms with Crippen LogP contribution in [0.4, 0.5) is 10.1 Å². The highest BCUT2D eigenvalue weighted by atomic mass is 32.1. The van der Waals surface area contributed by atoms with Gasteiger partial charge in [-0.15, -0.1) is 11.3 Å². The van der Waals surface area contributed by atoms with Crippen LogP contribution in [0.3, 0.4) is 0 Å². The van der Waals surface area contributed by atoms with Gasteiger partial charge in [-0.05, 0) is 29.8 Å². The molecule has 116 valence electrons. The van der Waals surface area contributed by atoms with Crippen LogP contribution in [-0.4, -0.2) is 18.1 Å². The topological polar surface area (TPSA) is 34.2 Å². The minimum atomic E-state index is -0.181. The lowest BCUT2D eigenvalue weighted by Crippen LogP contribution is -2.17. The van der Waals surface area contributed by atoms with E-state index in [1.54, 1.807) is 23.5 Å². The third kappa shape index (κ3) is 2.92. The highest BCUT2D eigenvalue weighted by Crippen LogP contribution is 2.33. The van der Waals surface area contributed by atoms with Gasteiger partial charge in [-0.1, -0.05) is 18.2 Å². The summed E-state index contributed by atoms with van der Waals surface area (Å²) < 4.78 is 19.3. The smallest absolute Gasteiger partial charge is 0.142 e. The lowest BCUT2D eigenvalue weighted by Gasteiger charge is -2.19. The summed E-state index contributed by atoms with van der Waals surface area (Å²) in [4.78, 5) is 4.65. The minimum absolute atomic E-state index is 0.181. The Morgan fingerprint density at radius 3 is 3.04 bits per heavy atom. The Morgan fingerprint density at radius 2 is 2.13 bits per heavy atom. The van der Waals surface area contributed by atoms with Crippen molar-refractivity contribution in [3.05, 3.63) is 64.2 Å². The van der Waals surface area contributed by atoms with E-state index in [9.17, 15) is 4.39 Å². The summed E-state index contributed by atoms with van der Waals surface area (Å²) in [6.45, 7) is 1.50. The fourth-order valence-corrected chi connectivity index (χ4v) is 3.46. The first-order chi connectivity index (χ1) is 11.3. The summed E-state index contributed by atoms with van der Waals surface area (Å²) in [5.74, 6) is 0.696. The Kier molecular flexibility index (Phi) is 3.71. The van der Waals surface area contributed by atoms with Gasteiger partial charge < -0.3 is 10.1 Å². The van der Waals surface area contributed by atoms with Gasteiger partial charge in [0.25, 0.3) is 0 Å². The Bertz CT molecular complexity index is 847. The maximum absolute atomic E-state index is 13.7. The summed E-state index contributed by atoms with van der Waals surface area (Å²) >= 11 is 1.56. The number of nitrogens with zero attached hydrogens (tertiary/aromatic N) is 1. The molecule has 3 aromatic rings. The zero-order chi connectivity index (χ0) is 15.6. The van der Waals surface area contributed by atoms with E-state index in [1.165, 1.54) is 6.07 Å². The molecule has 4 rings (SSSR count). The first kappa shape index (κ1) is 14.2. The molecule has 1 N–H and O–H groups in total. The number of hydrogen-bond donors (Lipinski definition) is 1. The third-order valence-corrected chi connectivity index (χ3v) is 4.65. The molecule has 0 fully saturated rings. The number of hydrogen-bond acceptors (Lipinski definition) is 4. The van der Waals surface area contributed by atoms with E-state index in [1.807, 2.05) is 23.6 Å². The number of nitrogens with one attached hydrogen (secondary N) is 1. The van der Waals surface area contributed by atoms with E-state index >= 15 is 0 Å². The van der Waals surface area contributed by atoms with E-state index in [2.05, 4.69) is 16.4 Å². The summed E-state index contributed by atoms with van der Waals surface area (Å²) in [5, 5.41) is 6.25. The number of rotatable bonds is 3. The van der Waals surface area contributed by atoms with Crippen molar-refractivity contribution in [2.24, 2.45) is 0 Å². The van der Waals surface area contributed by atoms with Gasteiger partial charge in [0.15, 0.2) is 0 Å². The van der Waals surface area contributed by atoms with Gasteiger partial charge in [0.05, 0.1) is 16.4 Å². The molecule has 0 saturated heterocycles. The molecule has 0 amide bonds. The monoisotopic (exact) mass is 326 g/mol. The standard InChI is InChI=1S/C18H15FN2OS/c19-14-4-2-1-3-12(14)10-18-21-16(11-23-18)13-5-6-17-15(9-13)20-7-8-22-17/h1-6,9,11,20H,7-8,10H2. The van der Waals surface area contributed by atoms with Crippen LogP contribution in [0.25, 0.3) is 11.3 Å². The molecule has 0 bridgehead atoms. The number of fused-ring (bicyclic) bond motifs is 1. The number of thiazole rings is 1. The first-order valence-electron chi connectivity index (χ1n) is 7.48. The Morgan fingerprint density at radius 1 is 1.22 bits per heavy atom. The third-order valence-electron chi connectivity index (χ3n) is 3.80. The summed E-state index contributed by atoms with van der Waals surface area (Å²) in [6, 6.07) is 12.9. The predicted molar refractivity (Wildman–Crippen MR) is 90.7 cm³/mol. The Hall–Kier alpha value is -2.40. The van der Waals surface area contributed by atoms with E-state index in [4.69, 9.17) is 4.74 Å². The Labute approximate surface area is 137 Å². The van der Waals surface area contributed by atoms with Gasteiger partial charge in [0.2, 0.25) is 0 Å². The van der Waals surface area contributed by atoms with Crippen molar-refractivity contribution in [2.45, 2.75) is 6.42 Å². The maximum atomic E-state index is 13.7. The normalized spacial score (nSPS) is 13.1. The minimum Gasteiger partial charge on any atom is -0.490 e. The van der Waals surface area contributed by atoms with Crippen LogP contribution >= 0.6 is 11.3 Å². The maximum Gasteiger partial charge on any atom is 0.142 e. The first-order valence-corrected chi connectivity index (χ1v) is 8.36. The van der Waals surface area contributed by atoms with Crippen molar-refractivity contribution in [1.29, 1.82) is 0 Å². The average Bonchev–Trinajstić information content (AvgIpc) is 3.05. The quantitative estimate of drug-likeness (QED) is 0.777. The van der Waals surface area contributed by atoms with Crippen molar-refractivity contribution in [2.75, 3.05) is 18.5 Å². The second kappa shape index (κ2) is 6.01. The number of ether oxygens (including phenoxy) is 1. The van der Waals surface area contributed by atoms with Gasteiger partial charge in [-0.2, -0.15) is 0 Å². The van der Waals surface area contributed by atoms with Crippen molar-refractivity contribution in [1.82, 2.24) is 4.98 Å². The lowest BCUT2D eigenvalue weighted by molar-refractivity contribution is 0.323. The fourth-order valence-electron chi connectivity index (χ4n) is 2.63. The molecular weight excluding hydrogens is 311 g/mol. The molecule has 0 spiro atoms. The van der Waals surface area contributed by atoms with E-state index in [-0.39, 0.29) is 5.82 Å². The predicted octanol–water partition coefficient (Wildman–Crippen LogP) is 4.34. The highest BCUT2D eigenvalue weighted by molar-refractivity contribution is 7.10. The summed E-state index contributed by atoms with van der Waals surface area (Å²) in [5.41, 5.74) is 3.63. The van der Waals surface area contributed by atoms with Crippen LogP contribution in [0.5, 0.6) is 5.75 Å². The van der Waals surface area contributed by atoms with Crippen molar-refractivity contribution in [3.8, 4) is 17.0 Å². The van der Waals surface area contributed by atoms with Gasteiger partial charge in [-0.3, -0.25) is 0 Å². The van der Waals surface area contributed by atoms with Gasteiger partial charge in [0, 0.05) is 23.9 Å². The molecule has 5 heteroatoms. The molecule has 1 aliphatic rings. The van der Waals surface area contributed by atoms with Crippen molar-refractivity contribution < 1.29 is 9.13 Å². The molecule has 3 nitrogen and oxygen atoms in total.